The van der Waals surface area contributed by atoms with Crippen LogP contribution in [0.3, 0.4) is 0 Å². The normalized spacial score (nSPS) is 12.3. The number of ether oxygens (including phenoxy) is 1. The first kappa shape index (κ1) is 27.2. The average Bonchev–Trinajstić information content (AvgIpc) is 2.82. The van der Waals surface area contributed by atoms with Crippen molar-refractivity contribution in [2.24, 2.45) is 5.41 Å². The van der Waals surface area contributed by atoms with Gasteiger partial charge < -0.3 is 14.9 Å². The maximum absolute atomic E-state index is 14.7. The minimum Gasteiger partial charge on any atom is -0.448 e. The number of aliphatic hydroxyl groups is 2. The van der Waals surface area contributed by atoms with Crippen LogP contribution in [0.5, 0.6) is 0 Å². The Hall–Kier alpha value is -3.40. The first-order valence-electron chi connectivity index (χ1n) is 10.8. The number of halogens is 3. The van der Waals surface area contributed by atoms with Crippen LogP contribution < -0.4 is 5.56 Å². The van der Waals surface area contributed by atoms with Gasteiger partial charge in [0.2, 0.25) is 5.78 Å². The van der Waals surface area contributed by atoms with E-state index in [1.165, 1.54) is 23.8 Å². The van der Waals surface area contributed by atoms with Crippen molar-refractivity contribution in [3.63, 3.8) is 0 Å². The molecule has 0 spiro atoms. The van der Waals surface area contributed by atoms with Crippen molar-refractivity contribution in [2.45, 2.75) is 26.9 Å². The molecule has 0 aliphatic carbocycles. The zero-order valence-corrected chi connectivity index (χ0v) is 20.5. The third-order valence-corrected chi connectivity index (χ3v) is 6.01. The molecule has 0 aliphatic heterocycles. The minimum absolute atomic E-state index is 0.112. The second-order valence-corrected chi connectivity index (χ2v) is 9.14. The predicted molar refractivity (Wildman–Crippen MR) is 128 cm³/mol. The molecule has 0 fully saturated rings. The lowest BCUT2D eigenvalue weighted by molar-refractivity contribution is -0.164. The number of pyridine rings is 1. The maximum Gasteiger partial charge on any atom is 0.317 e. The van der Waals surface area contributed by atoms with E-state index < -0.39 is 59.2 Å². The molecular weight excluding hydrogens is 496 g/mol. The molecule has 0 saturated heterocycles. The SMILES string of the molecule is Cc1cc(Cl)cc(C)c1-n1cc(C(=O)C(OC(=O)C(C)(CO)CO)c2ccc(F)cc2F)ccc1=O. The lowest BCUT2D eigenvalue weighted by Gasteiger charge is -2.26. The van der Waals surface area contributed by atoms with Gasteiger partial charge in [-0.25, -0.2) is 8.78 Å². The molecule has 1 aromatic heterocycles. The predicted octanol–water partition coefficient (Wildman–Crippen LogP) is 3.84. The Labute approximate surface area is 210 Å². The molecule has 2 N–H and O–H groups in total. The Morgan fingerprint density at radius 1 is 1.06 bits per heavy atom. The summed E-state index contributed by atoms with van der Waals surface area (Å²) in [6.07, 6.45) is -0.665. The van der Waals surface area contributed by atoms with Crippen LogP contribution in [0.4, 0.5) is 8.78 Å². The standard InChI is InChI=1S/C26H24ClF2NO6/c1-14-8-17(27)9-15(2)22(14)30-11-16(4-7-21(30)33)23(34)24(19-6-5-18(28)10-20(19)29)36-25(35)26(3,12-31)13-32/h4-11,24,31-32H,12-13H2,1-3H3. The number of aromatic nitrogens is 1. The lowest BCUT2D eigenvalue weighted by atomic mass is 9.92. The van der Waals surface area contributed by atoms with E-state index >= 15 is 0 Å². The third kappa shape index (κ3) is 5.38. The van der Waals surface area contributed by atoms with Crippen molar-refractivity contribution >= 4 is 23.4 Å². The van der Waals surface area contributed by atoms with Crippen molar-refractivity contribution in [1.82, 2.24) is 4.57 Å². The van der Waals surface area contributed by atoms with Crippen molar-refractivity contribution in [2.75, 3.05) is 13.2 Å². The fourth-order valence-electron chi connectivity index (χ4n) is 3.64. The van der Waals surface area contributed by atoms with Gasteiger partial charge in [0.15, 0.2) is 6.10 Å². The molecule has 1 atom stereocenters. The van der Waals surface area contributed by atoms with Crippen LogP contribution in [0.15, 0.2) is 53.5 Å². The van der Waals surface area contributed by atoms with E-state index in [0.29, 0.717) is 27.9 Å². The molecule has 10 heteroatoms. The molecule has 0 bridgehead atoms. The van der Waals surface area contributed by atoms with E-state index in [1.54, 1.807) is 26.0 Å². The van der Waals surface area contributed by atoms with Crippen LogP contribution in [0.25, 0.3) is 5.69 Å². The van der Waals surface area contributed by atoms with E-state index in [1.807, 2.05) is 0 Å². The summed E-state index contributed by atoms with van der Waals surface area (Å²) in [5, 5.41) is 19.5. The molecule has 36 heavy (non-hydrogen) atoms. The van der Waals surface area contributed by atoms with E-state index in [4.69, 9.17) is 16.3 Å². The van der Waals surface area contributed by atoms with Crippen molar-refractivity contribution in [3.8, 4) is 5.69 Å². The van der Waals surface area contributed by atoms with Crippen LogP contribution in [0, 0.1) is 30.9 Å². The molecule has 3 rings (SSSR count). The maximum atomic E-state index is 14.7. The zero-order valence-electron chi connectivity index (χ0n) is 19.7. The molecule has 3 aromatic rings. The summed E-state index contributed by atoms with van der Waals surface area (Å²) in [6.45, 7) is 3.05. The van der Waals surface area contributed by atoms with Crippen molar-refractivity contribution in [3.05, 3.63) is 97.9 Å². The number of hydrogen-bond donors (Lipinski definition) is 2. The molecule has 1 heterocycles. The Morgan fingerprint density at radius 3 is 2.22 bits per heavy atom. The van der Waals surface area contributed by atoms with Gasteiger partial charge in [0.05, 0.1) is 18.9 Å². The van der Waals surface area contributed by atoms with Crippen LogP contribution in [-0.2, 0) is 9.53 Å². The lowest BCUT2D eigenvalue weighted by Crippen LogP contribution is -2.39. The number of carbonyl (C=O) groups excluding carboxylic acids is 2. The number of aryl methyl sites for hydroxylation is 2. The summed E-state index contributed by atoms with van der Waals surface area (Å²) in [4.78, 5) is 38.9. The quantitative estimate of drug-likeness (QED) is 0.346. The second kappa shape index (κ2) is 10.7. The highest BCUT2D eigenvalue weighted by Gasteiger charge is 2.38. The molecule has 2 aromatic carbocycles. The first-order valence-corrected chi connectivity index (χ1v) is 11.2. The highest BCUT2D eigenvalue weighted by atomic mass is 35.5. The van der Waals surface area contributed by atoms with Gasteiger partial charge in [0, 0.05) is 34.5 Å². The van der Waals surface area contributed by atoms with E-state index in [-0.39, 0.29) is 5.56 Å². The Morgan fingerprint density at radius 2 is 1.67 bits per heavy atom. The molecule has 0 amide bonds. The number of ketones is 1. The molecule has 190 valence electrons. The Balaban J connectivity index is 2.14. The van der Waals surface area contributed by atoms with Crippen LogP contribution in [0.2, 0.25) is 5.02 Å². The molecule has 1 unspecified atom stereocenters. The Kier molecular flexibility index (Phi) is 8.08. The summed E-state index contributed by atoms with van der Waals surface area (Å²) < 4.78 is 34.7. The monoisotopic (exact) mass is 519 g/mol. The smallest absolute Gasteiger partial charge is 0.317 e. The van der Waals surface area contributed by atoms with Gasteiger partial charge in [-0.3, -0.25) is 19.0 Å². The van der Waals surface area contributed by atoms with Gasteiger partial charge in [0.25, 0.3) is 5.56 Å². The van der Waals surface area contributed by atoms with E-state index in [0.717, 1.165) is 18.2 Å². The fourth-order valence-corrected chi connectivity index (χ4v) is 3.97. The van der Waals surface area contributed by atoms with Crippen LogP contribution in [0.1, 0.15) is 40.1 Å². The van der Waals surface area contributed by atoms with Gasteiger partial charge in [0.1, 0.15) is 17.0 Å². The van der Waals surface area contributed by atoms with Gasteiger partial charge in [-0.05, 0) is 62.2 Å². The Bertz CT molecular complexity index is 1360. The summed E-state index contributed by atoms with van der Waals surface area (Å²) >= 11 is 6.09. The first-order chi connectivity index (χ1) is 16.9. The topological polar surface area (TPSA) is 106 Å². The van der Waals surface area contributed by atoms with E-state index in [2.05, 4.69) is 0 Å². The molecule has 0 radical (unpaired) electrons. The summed E-state index contributed by atoms with van der Waals surface area (Å²) in [5.74, 6) is -4.14. The summed E-state index contributed by atoms with van der Waals surface area (Å²) in [5.41, 5.74) is -1.01. The number of rotatable bonds is 8. The van der Waals surface area contributed by atoms with Gasteiger partial charge >= 0.3 is 5.97 Å². The van der Waals surface area contributed by atoms with Crippen molar-refractivity contribution in [1.29, 1.82) is 0 Å². The highest BCUT2D eigenvalue weighted by molar-refractivity contribution is 6.30. The number of Topliss-reactive ketones (excluding diaryl/α,β-unsaturated/α-hetero) is 1. The molecule has 7 nitrogen and oxygen atoms in total. The van der Waals surface area contributed by atoms with Crippen LogP contribution >= 0.6 is 11.6 Å². The van der Waals surface area contributed by atoms with Crippen molar-refractivity contribution < 1.29 is 33.3 Å². The van der Waals surface area contributed by atoms with Crippen LogP contribution in [-0.4, -0.2) is 39.7 Å². The molecule has 0 aliphatic rings. The molecular formula is C26H24ClF2NO6. The average molecular weight is 520 g/mol. The number of benzene rings is 2. The number of nitrogens with zero attached hydrogens (tertiary/aromatic N) is 1. The van der Waals surface area contributed by atoms with Gasteiger partial charge in [-0.1, -0.05) is 11.6 Å². The number of aliphatic hydroxyl groups excluding tert-OH is 2. The number of carbonyl (C=O) groups is 2. The summed E-state index contributed by atoms with van der Waals surface area (Å²) in [7, 11) is 0. The molecule has 0 saturated carbocycles. The second-order valence-electron chi connectivity index (χ2n) is 8.71. The minimum atomic E-state index is -1.89. The summed E-state index contributed by atoms with van der Waals surface area (Å²) in [6, 6.07) is 8.00. The third-order valence-electron chi connectivity index (χ3n) is 5.79. The fraction of sp³-hybridized carbons (Fsp3) is 0.269. The van der Waals surface area contributed by atoms with Gasteiger partial charge in [-0.2, -0.15) is 0 Å². The van der Waals surface area contributed by atoms with E-state index in [9.17, 15) is 33.4 Å². The number of esters is 1. The number of hydrogen-bond acceptors (Lipinski definition) is 6. The van der Waals surface area contributed by atoms with Gasteiger partial charge in [-0.15, -0.1) is 0 Å². The zero-order chi connectivity index (χ0) is 26.8. The highest BCUT2D eigenvalue weighted by Crippen LogP contribution is 2.30. The largest absolute Gasteiger partial charge is 0.448 e.